The van der Waals surface area contributed by atoms with Crippen molar-refractivity contribution in [2.45, 2.75) is 42.2 Å². The lowest BCUT2D eigenvalue weighted by atomic mass is 10.2. The third-order valence-electron chi connectivity index (χ3n) is 5.31. The van der Waals surface area contributed by atoms with Crippen LogP contribution >= 0.6 is 23.1 Å². The zero-order valence-electron chi connectivity index (χ0n) is 15.8. The average Bonchev–Trinajstić information content (AvgIpc) is 3.64. The van der Waals surface area contributed by atoms with Gasteiger partial charge in [-0.2, -0.15) is 9.61 Å². The number of amides is 1. The Labute approximate surface area is 179 Å². The van der Waals surface area contributed by atoms with E-state index in [4.69, 9.17) is 0 Å². The number of benzene rings is 1. The molecule has 152 valence electrons. The highest BCUT2D eigenvalue weighted by Crippen LogP contribution is 2.36. The van der Waals surface area contributed by atoms with Gasteiger partial charge in [0.25, 0.3) is 0 Å². The van der Waals surface area contributed by atoms with Crippen molar-refractivity contribution >= 4 is 50.0 Å². The number of hydrogen-bond donors (Lipinski definition) is 1. The van der Waals surface area contributed by atoms with E-state index in [0.717, 1.165) is 35.6 Å². The topological polar surface area (TPSA) is 85.1 Å². The molecule has 1 N–H and O–H groups in total. The molecule has 3 heterocycles. The minimum Gasteiger partial charge on any atom is -0.302 e. The van der Waals surface area contributed by atoms with E-state index >= 15 is 0 Å². The Bertz CT molecular complexity index is 1290. The molecule has 2 fully saturated rings. The van der Waals surface area contributed by atoms with Gasteiger partial charge in [-0.3, -0.25) is 4.79 Å². The Morgan fingerprint density at radius 2 is 2.10 bits per heavy atom. The number of nitrogens with one attached hydrogen (secondary N) is 1. The molecule has 30 heavy (non-hydrogen) atoms. The van der Waals surface area contributed by atoms with Crippen LogP contribution in [0.25, 0.3) is 15.9 Å². The fourth-order valence-electron chi connectivity index (χ4n) is 3.31. The summed E-state index contributed by atoms with van der Waals surface area (Å²) in [5.74, 6) is 0.428. The lowest BCUT2D eigenvalue weighted by molar-refractivity contribution is -0.117. The number of rotatable bonds is 6. The predicted molar refractivity (Wildman–Crippen MR) is 112 cm³/mol. The molecule has 0 atom stereocenters. The minimum atomic E-state index is -0.385. The van der Waals surface area contributed by atoms with Crippen LogP contribution in [0.15, 0.2) is 34.3 Å². The van der Waals surface area contributed by atoms with E-state index in [1.807, 2.05) is 12.1 Å². The molecule has 0 aliphatic heterocycles. The van der Waals surface area contributed by atoms with Crippen LogP contribution in [-0.2, 0) is 11.2 Å². The highest BCUT2D eigenvalue weighted by molar-refractivity contribution is 7.99. The number of anilines is 1. The van der Waals surface area contributed by atoms with Crippen molar-refractivity contribution in [1.82, 2.24) is 24.8 Å². The Kier molecular flexibility index (Phi) is 4.24. The van der Waals surface area contributed by atoms with Crippen molar-refractivity contribution in [3.63, 3.8) is 0 Å². The third-order valence-corrected chi connectivity index (χ3v) is 7.21. The molecule has 0 spiro atoms. The van der Waals surface area contributed by atoms with Gasteiger partial charge in [0.2, 0.25) is 11.1 Å². The highest BCUT2D eigenvalue weighted by Gasteiger charge is 2.30. The molecule has 2 aliphatic carbocycles. The van der Waals surface area contributed by atoms with Crippen LogP contribution in [0.1, 0.15) is 31.4 Å². The van der Waals surface area contributed by atoms with Crippen LogP contribution in [0, 0.1) is 17.7 Å². The number of nitrogens with zero attached hydrogens (tertiary/aromatic N) is 5. The molecule has 2 aliphatic rings. The second kappa shape index (κ2) is 6.98. The van der Waals surface area contributed by atoms with Crippen molar-refractivity contribution in [2.75, 3.05) is 5.32 Å². The fourth-order valence-corrected chi connectivity index (χ4v) is 5.11. The Hall–Kier alpha value is -2.59. The summed E-state index contributed by atoms with van der Waals surface area (Å²) in [6.45, 7) is 0. The molecule has 0 unspecified atom stereocenters. The molecule has 6 rings (SSSR count). The number of fused-ring (bicyclic) bond motifs is 2. The summed E-state index contributed by atoms with van der Waals surface area (Å²) < 4.78 is 17.2. The number of hydrogen-bond acceptors (Lipinski definition) is 7. The molecule has 1 aromatic carbocycles. The normalized spacial score (nSPS) is 16.4. The van der Waals surface area contributed by atoms with Crippen LogP contribution < -0.4 is 5.32 Å². The van der Waals surface area contributed by atoms with Crippen molar-refractivity contribution in [3.05, 3.63) is 35.8 Å². The van der Waals surface area contributed by atoms with Crippen LogP contribution in [0.2, 0.25) is 0 Å². The molecule has 4 aromatic rings. The molecule has 7 nitrogen and oxygen atoms in total. The number of carbonyl (C=O) groups excluding carboxylic acids is 1. The van der Waals surface area contributed by atoms with Crippen molar-refractivity contribution < 1.29 is 9.18 Å². The first-order valence-corrected chi connectivity index (χ1v) is 11.6. The van der Waals surface area contributed by atoms with E-state index in [0.29, 0.717) is 26.3 Å². The molecular weight excluding hydrogens is 423 g/mol. The van der Waals surface area contributed by atoms with Gasteiger partial charge in [0.05, 0.1) is 20.8 Å². The second-order valence-electron chi connectivity index (χ2n) is 7.86. The Morgan fingerprint density at radius 1 is 1.23 bits per heavy atom. The van der Waals surface area contributed by atoms with E-state index in [1.165, 1.54) is 42.0 Å². The van der Waals surface area contributed by atoms with Gasteiger partial charge in [-0.05, 0) is 68.0 Å². The van der Waals surface area contributed by atoms with Crippen molar-refractivity contribution in [3.8, 4) is 0 Å². The molecule has 0 saturated heterocycles. The van der Waals surface area contributed by atoms with Crippen LogP contribution in [-0.4, -0.2) is 30.7 Å². The van der Waals surface area contributed by atoms with Crippen molar-refractivity contribution in [1.29, 1.82) is 0 Å². The second-order valence-corrected chi connectivity index (χ2v) is 9.90. The predicted octanol–water partition coefficient (Wildman–Crippen LogP) is 4.33. The van der Waals surface area contributed by atoms with Gasteiger partial charge in [0.15, 0.2) is 10.8 Å². The fraction of sp³-hybridized carbons (Fsp3) is 0.350. The molecule has 0 bridgehead atoms. The van der Waals surface area contributed by atoms with Gasteiger partial charge in [0, 0.05) is 12.0 Å². The standard InChI is InChI=1S/C20H17FN6OS2/c21-13-8-14-16(29-19(22-14)23-18(28)11-3-4-11)9-15(13)30-20-25-24-17-6-5-12(26-27(17)20)7-10-1-2-10/h5-6,8-11H,1-4,7H2,(H,22,23,28). The van der Waals surface area contributed by atoms with E-state index in [2.05, 4.69) is 25.6 Å². The minimum absolute atomic E-state index is 0.00728. The van der Waals surface area contributed by atoms with Gasteiger partial charge in [0.1, 0.15) is 5.82 Å². The molecule has 0 radical (unpaired) electrons. The Balaban J connectivity index is 1.29. The van der Waals surface area contributed by atoms with Gasteiger partial charge in [-0.1, -0.05) is 11.3 Å². The first kappa shape index (κ1) is 18.2. The maximum Gasteiger partial charge on any atom is 0.229 e. The van der Waals surface area contributed by atoms with E-state index < -0.39 is 0 Å². The summed E-state index contributed by atoms with van der Waals surface area (Å²) >= 11 is 2.53. The summed E-state index contributed by atoms with van der Waals surface area (Å²) in [5, 5.41) is 16.9. The first-order valence-electron chi connectivity index (χ1n) is 9.92. The number of aromatic nitrogens is 5. The summed E-state index contributed by atoms with van der Waals surface area (Å²) in [7, 11) is 0. The number of carbonyl (C=O) groups is 1. The van der Waals surface area contributed by atoms with Gasteiger partial charge in [-0.25, -0.2) is 9.37 Å². The quantitative estimate of drug-likeness (QED) is 0.481. The van der Waals surface area contributed by atoms with Gasteiger partial charge in [-0.15, -0.1) is 10.2 Å². The number of halogens is 1. The summed E-state index contributed by atoms with van der Waals surface area (Å²) in [5.41, 5.74) is 2.17. The van der Waals surface area contributed by atoms with Gasteiger partial charge < -0.3 is 5.32 Å². The van der Waals surface area contributed by atoms with Crippen LogP contribution in [0.5, 0.6) is 0 Å². The largest absolute Gasteiger partial charge is 0.302 e. The molecule has 3 aromatic heterocycles. The summed E-state index contributed by atoms with van der Waals surface area (Å²) in [6, 6.07) is 7.03. The lowest BCUT2D eigenvalue weighted by Crippen LogP contribution is -2.12. The summed E-state index contributed by atoms with van der Waals surface area (Å²) in [6.07, 6.45) is 5.32. The molecule has 1 amide bonds. The van der Waals surface area contributed by atoms with Crippen LogP contribution in [0.3, 0.4) is 0 Å². The third kappa shape index (κ3) is 3.54. The summed E-state index contributed by atoms with van der Waals surface area (Å²) in [4.78, 5) is 16.7. The molecule has 2 saturated carbocycles. The van der Waals surface area contributed by atoms with E-state index in [9.17, 15) is 9.18 Å². The average molecular weight is 441 g/mol. The smallest absolute Gasteiger partial charge is 0.229 e. The monoisotopic (exact) mass is 440 g/mol. The van der Waals surface area contributed by atoms with Gasteiger partial charge >= 0.3 is 0 Å². The maximum absolute atomic E-state index is 14.8. The molecule has 10 heteroatoms. The van der Waals surface area contributed by atoms with Crippen molar-refractivity contribution in [2.24, 2.45) is 11.8 Å². The first-order chi connectivity index (χ1) is 14.6. The maximum atomic E-state index is 14.8. The molecular formula is C20H17FN6OS2. The number of thiazole rings is 1. The SMILES string of the molecule is O=C(Nc1nc2cc(F)c(Sc3nnc4ccc(CC5CC5)nn34)cc2s1)C1CC1. The van der Waals surface area contributed by atoms with Crippen LogP contribution in [0.4, 0.5) is 9.52 Å². The van der Waals surface area contributed by atoms with E-state index in [1.54, 1.807) is 10.6 Å². The Morgan fingerprint density at radius 3 is 2.90 bits per heavy atom. The highest BCUT2D eigenvalue weighted by atomic mass is 32.2. The van der Waals surface area contributed by atoms with E-state index in [-0.39, 0.29) is 17.6 Å². The zero-order chi connectivity index (χ0) is 20.2. The lowest BCUT2D eigenvalue weighted by Gasteiger charge is -2.03. The zero-order valence-corrected chi connectivity index (χ0v) is 17.5.